The fraction of sp³-hybridized carbons (Fsp3) is 0.389. The minimum absolute atomic E-state index is 0.0148. The second-order valence-corrected chi connectivity index (χ2v) is 6.73. The number of fused-ring (bicyclic) bond motifs is 1. The summed E-state index contributed by atoms with van der Waals surface area (Å²) in [6.07, 6.45) is 1.92. The van der Waals surface area contributed by atoms with Crippen molar-refractivity contribution in [3.63, 3.8) is 0 Å². The molecule has 0 unspecified atom stereocenters. The molecule has 3 aromatic rings. The summed E-state index contributed by atoms with van der Waals surface area (Å²) in [7, 11) is 0. The highest BCUT2D eigenvalue weighted by atomic mass is 16.3. The maximum absolute atomic E-state index is 12.6. The molecule has 1 aliphatic heterocycles. The van der Waals surface area contributed by atoms with E-state index < -0.39 is 6.10 Å². The number of nitrogens with one attached hydrogen (secondary N) is 1. The molecule has 0 bridgehead atoms. The van der Waals surface area contributed by atoms with E-state index >= 15 is 0 Å². The Labute approximate surface area is 145 Å². The molecule has 2 aromatic heterocycles. The number of amides is 1. The first-order valence-electron chi connectivity index (χ1n) is 8.47. The fourth-order valence-corrected chi connectivity index (χ4v) is 3.49. The van der Waals surface area contributed by atoms with Gasteiger partial charge in [0.1, 0.15) is 6.54 Å². The molecule has 0 aliphatic carbocycles. The number of nitrogens with zero attached hydrogens (tertiary/aromatic N) is 4. The molecule has 1 aromatic carbocycles. The van der Waals surface area contributed by atoms with Crippen LogP contribution in [0, 0.1) is 12.8 Å². The number of hydrogen-bond acceptors (Lipinski definition) is 4. The third-order valence-electron chi connectivity index (χ3n) is 4.83. The van der Waals surface area contributed by atoms with Crippen LogP contribution in [0.2, 0.25) is 0 Å². The van der Waals surface area contributed by atoms with Gasteiger partial charge in [-0.05, 0) is 25.5 Å². The van der Waals surface area contributed by atoms with Crippen molar-refractivity contribution in [1.82, 2.24) is 24.9 Å². The zero-order valence-corrected chi connectivity index (χ0v) is 14.1. The van der Waals surface area contributed by atoms with Gasteiger partial charge in [0.05, 0.1) is 23.5 Å². The number of β-amino-alcohol motifs (C(OH)–C–C–N with tert-alkyl or cyclic N) is 1. The topological polar surface area (TPSA) is 87.0 Å². The molecule has 2 atom stereocenters. The Hall–Kier alpha value is -2.67. The average molecular weight is 339 g/mol. The van der Waals surface area contributed by atoms with E-state index in [1.54, 1.807) is 15.8 Å². The van der Waals surface area contributed by atoms with Crippen molar-refractivity contribution in [3.8, 4) is 0 Å². The predicted molar refractivity (Wildman–Crippen MR) is 92.8 cm³/mol. The van der Waals surface area contributed by atoms with Crippen LogP contribution in [0.3, 0.4) is 0 Å². The van der Waals surface area contributed by atoms with Gasteiger partial charge in [-0.15, -0.1) is 0 Å². The highest BCUT2D eigenvalue weighted by Gasteiger charge is 2.34. The Morgan fingerprint density at radius 3 is 3.00 bits per heavy atom. The summed E-state index contributed by atoms with van der Waals surface area (Å²) in [6, 6.07) is 9.80. The number of carbonyl (C=O) groups excluding carboxylic acids is 1. The molecule has 1 amide bonds. The minimum Gasteiger partial charge on any atom is -0.391 e. The van der Waals surface area contributed by atoms with Crippen molar-refractivity contribution >= 4 is 16.8 Å². The molecular weight excluding hydrogens is 318 g/mol. The van der Waals surface area contributed by atoms with Crippen LogP contribution in [0.15, 0.2) is 36.5 Å². The molecule has 0 saturated carbocycles. The number of para-hydroxylation sites is 1. The number of aromatic amines is 1. The third-order valence-corrected chi connectivity index (χ3v) is 4.83. The van der Waals surface area contributed by atoms with E-state index in [4.69, 9.17) is 0 Å². The van der Waals surface area contributed by atoms with E-state index in [0.717, 1.165) is 22.3 Å². The summed E-state index contributed by atoms with van der Waals surface area (Å²) in [4.78, 5) is 14.4. The molecule has 7 nitrogen and oxygen atoms in total. The second kappa shape index (κ2) is 6.33. The van der Waals surface area contributed by atoms with Crippen LogP contribution < -0.4 is 0 Å². The van der Waals surface area contributed by atoms with Crippen molar-refractivity contribution < 1.29 is 9.90 Å². The predicted octanol–water partition coefficient (Wildman–Crippen LogP) is 1.13. The van der Waals surface area contributed by atoms with Crippen LogP contribution >= 0.6 is 0 Å². The summed E-state index contributed by atoms with van der Waals surface area (Å²) in [5.74, 6) is -0.00497. The number of carbonyl (C=O) groups is 1. The number of hydrogen-bond donors (Lipinski definition) is 2. The quantitative estimate of drug-likeness (QED) is 0.746. The molecule has 0 radical (unpaired) electrons. The lowest BCUT2D eigenvalue weighted by atomic mass is 10.0. The molecule has 2 N–H and O–H groups in total. The van der Waals surface area contributed by atoms with Crippen LogP contribution in [0.5, 0.6) is 0 Å². The Morgan fingerprint density at radius 2 is 2.20 bits per heavy atom. The van der Waals surface area contributed by atoms with Crippen molar-refractivity contribution in [2.24, 2.45) is 5.92 Å². The smallest absolute Gasteiger partial charge is 0.244 e. The number of aryl methyl sites for hydroxylation is 1. The van der Waals surface area contributed by atoms with Crippen LogP contribution in [-0.2, 0) is 17.8 Å². The van der Waals surface area contributed by atoms with Gasteiger partial charge in [0.2, 0.25) is 5.91 Å². The first-order valence-corrected chi connectivity index (χ1v) is 8.47. The van der Waals surface area contributed by atoms with Gasteiger partial charge in [-0.3, -0.25) is 14.6 Å². The standard InChI is InChI=1S/C18H21N5O2/c1-12-6-15(21-20-12)7-14-9-22(10-17(14)24)18(25)11-23-16-5-3-2-4-13(16)8-19-23/h2-6,8,14,17,24H,7,9-11H2,1H3,(H,20,21)/t14-,17+/m1/s1. The summed E-state index contributed by atoms with van der Waals surface area (Å²) in [6.45, 7) is 3.05. The van der Waals surface area contributed by atoms with E-state index in [1.807, 2.05) is 37.3 Å². The molecule has 25 heavy (non-hydrogen) atoms. The van der Waals surface area contributed by atoms with Gasteiger partial charge in [0.15, 0.2) is 0 Å². The summed E-state index contributed by atoms with van der Waals surface area (Å²) in [5.41, 5.74) is 2.87. The highest BCUT2D eigenvalue weighted by molar-refractivity contribution is 5.82. The second-order valence-electron chi connectivity index (χ2n) is 6.73. The lowest BCUT2D eigenvalue weighted by molar-refractivity contribution is -0.131. The molecule has 130 valence electrons. The molecule has 0 spiro atoms. The third kappa shape index (κ3) is 3.15. The van der Waals surface area contributed by atoms with Gasteiger partial charge >= 0.3 is 0 Å². The Kier molecular flexibility index (Phi) is 4.01. The van der Waals surface area contributed by atoms with Crippen LogP contribution in [-0.4, -0.2) is 55.1 Å². The van der Waals surface area contributed by atoms with Crippen LogP contribution in [0.4, 0.5) is 0 Å². The van der Waals surface area contributed by atoms with Gasteiger partial charge in [-0.2, -0.15) is 10.2 Å². The number of aromatic nitrogens is 4. The van der Waals surface area contributed by atoms with Crippen molar-refractivity contribution in [3.05, 3.63) is 47.9 Å². The maximum atomic E-state index is 12.6. The van der Waals surface area contributed by atoms with E-state index in [9.17, 15) is 9.90 Å². The first kappa shape index (κ1) is 15.8. The summed E-state index contributed by atoms with van der Waals surface area (Å²) < 4.78 is 1.72. The number of likely N-dealkylation sites (tertiary alicyclic amines) is 1. The van der Waals surface area contributed by atoms with Gasteiger partial charge in [-0.25, -0.2) is 0 Å². The van der Waals surface area contributed by atoms with E-state index in [1.165, 1.54) is 0 Å². The monoisotopic (exact) mass is 339 g/mol. The molecule has 3 heterocycles. The molecule has 7 heteroatoms. The Bertz CT molecular complexity index is 900. The zero-order valence-electron chi connectivity index (χ0n) is 14.1. The number of benzene rings is 1. The van der Waals surface area contributed by atoms with E-state index in [0.29, 0.717) is 19.5 Å². The van der Waals surface area contributed by atoms with Gasteiger partial charge in [-0.1, -0.05) is 18.2 Å². The normalized spacial score (nSPS) is 20.5. The number of aliphatic hydroxyl groups is 1. The molecule has 1 saturated heterocycles. The molecule has 1 fully saturated rings. The van der Waals surface area contributed by atoms with Crippen LogP contribution in [0.25, 0.3) is 10.9 Å². The first-order chi connectivity index (χ1) is 12.1. The van der Waals surface area contributed by atoms with Gasteiger partial charge < -0.3 is 10.0 Å². The van der Waals surface area contributed by atoms with Gasteiger partial charge in [0.25, 0.3) is 0 Å². The van der Waals surface area contributed by atoms with Crippen LogP contribution in [0.1, 0.15) is 11.4 Å². The number of rotatable bonds is 4. The summed E-state index contributed by atoms with van der Waals surface area (Å²) in [5, 5.41) is 22.8. The lowest BCUT2D eigenvalue weighted by Crippen LogP contribution is -2.33. The largest absolute Gasteiger partial charge is 0.391 e. The number of aliphatic hydroxyl groups excluding tert-OH is 1. The number of H-pyrrole nitrogens is 1. The lowest BCUT2D eigenvalue weighted by Gasteiger charge is -2.16. The van der Waals surface area contributed by atoms with Crippen molar-refractivity contribution in [2.45, 2.75) is 26.0 Å². The fourth-order valence-electron chi connectivity index (χ4n) is 3.49. The van der Waals surface area contributed by atoms with E-state index in [-0.39, 0.29) is 18.4 Å². The van der Waals surface area contributed by atoms with E-state index in [2.05, 4.69) is 15.3 Å². The summed E-state index contributed by atoms with van der Waals surface area (Å²) >= 11 is 0. The maximum Gasteiger partial charge on any atom is 0.244 e. The Morgan fingerprint density at radius 1 is 1.36 bits per heavy atom. The zero-order chi connectivity index (χ0) is 17.4. The minimum atomic E-state index is -0.518. The molecular formula is C18H21N5O2. The average Bonchev–Trinajstić information content (AvgIpc) is 3.29. The molecule has 4 rings (SSSR count). The van der Waals surface area contributed by atoms with Gasteiger partial charge in [0, 0.05) is 30.1 Å². The Balaban J connectivity index is 1.42. The SMILES string of the molecule is Cc1cc(C[C@@H]2CN(C(=O)Cn3ncc4ccccc43)C[C@@H]2O)n[nH]1. The highest BCUT2D eigenvalue weighted by Crippen LogP contribution is 2.22. The van der Waals surface area contributed by atoms with Crippen molar-refractivity contribution in [1.29, 1.82) is 0 Å². The van der Waals surface area contributed by atoms with Crippen molar-refractivity contribution in [2.75, 3.05) is 13.1 Å². The molecule has 1 aliphatic rings.